The molecule has 1 heterocycles. The Bertz CT molecular complexity index is 214. The molecule has 66 valence electrons. The minimum Gasteiger partial charge on any atom is -0.310 e. The van der Waals surface area contributed by atoms with Crippen molar-refractivity contribution in [3.05, 3.63) is 12.2 Å². The van der Waals surface area contributed by atoms with Crippen molar-refractivity contribution in [1.29, 1.82) is 0 Å². The topological polar surface area (TPSA) is 29.1 Å². The predicted octanol–water partition coefficient (Wildman–Crippen LogP) is 1.42. The Morgan fingerprint density at radius 2 is 2.33 bits per heavy atom. The molecule has 2 nitrogen and oxygen atoms in total. The quantitative estimate of drug-likeness (QED) is 0.588. The second kappa shape index (κ2) is 3.02. The van der Waals surface area contributed by atoms with E-state index in [9.17, 15) is 4.79 Å². The van der Waals surface area contributed by atoms with Gasteiger partial charge in [-0.2, -0.15) is 0 Å². The number of rotatable bonds is 0. The van der Waals surface area contributed by atoms with Gasteiger partial charge in [-0.15, -0.1) is 0 Å². The highest BCUT2D eigenvalue weighted by molar-refractivity contribution is 5.91. The molecule has 1 aliphatic heterocycles. The molecule has 1 fully saturated rings. The van der Waals surface area contributed by atoms with Gasteiger partial charge < -0.3 is 5.32 Å². The second-order valence-corrected chi connectivity index (χ2v) is 3.91. The Balaban J connectivity index is 2.09. The van der Waals surface area contributed by atoms with Crippen LogP contribution in [0.25, 0.3) is 0 Å². The predicted molar refractivity (Wildman–Crippen MR) is 48.0 cm³/mol. The van der Waals surface area contributed by atoms with Crippen molar-refractivity contribution in [3.8, 4) is 0 Å². The second-order valence-electron chi connectivity index (χ2n) is 3.91. The van der Waals surface area contributed by atoms with Gasteiger partial charge in [-0.05, 0) is 31.9 Å². The lowest BCUT2D eigenvalue weighted by Gasteiger charge is -2.38. The van der Waals surface area contributed by atoms with Gasteiger partial charge in [0.05, 0.1) is 0 Å². The van der Waals surface area contributed by atoms with Crippen LogP contribution >= 0.6 is 0 Å². The van der Waals surface area contributed by atoms with Crippen LogP contribution < -0.4 is 5.32 Å². The van der Waals surface area contributed by atoms with Crippen LogP contribution in [0.1, 0.15) is 32.1 Å². The van der Waals surface area contributed by atoms with Gasteiger partial charge in [-0.1, -0.05) is 12.5 Å². The number of carbonyl (C=O) groups excluding carboxylic acids is 1. The minimum atomic E-state index is 0.143. The molecule has 1 N–H and O–H groups in total. The van der Waals surface area contributed by atoms with Crippen LogP contribution in [0.4, 0.5) is 0 Å². The van der Waals surface area contributed by atoms with Crippen molar-refractivity contribution >= 4 is 5.78 Å². The lowest BCUT2D eigenvalue weighted by molar-refractivity contribution is -0.116. The number of hydrogen-bond donors (Lipinski definition) is 1. The van der Waals surface area contributed by atoms with Gasteiger partial charge >= 0.3 is 0 Å². The maximum absolute atomic E-state index is 11.2. The van der Waals surface area contributed by atoms with Crippen molar-refractivity contribution in [2.75, 3.05) is 6.54 Å². The van der Waals surface area contributed by atoms with Gasteiger partial charge in [0.2, 0.25) is 0 Å². The molecule has 0 amide bonds. The highest BCUT2D eigenvalue weighted by Gasteiger charge is 2.33. The lowest BCUT2D eigenvalue weighted by atomic mass is 9.79. The molecular weight excluding hydrogens is 150 g/mol. The first-order valence-corrected chi connectivity index (χ1v) is 4.75. The smallest absolute Gasteiger partial charge is 0.157 e. The van der Waals surface area contributed by atoms with Crippen LogP contribution in [0.5, 0.6) is 0 Å². The van der Waals surface area contributed by atoms with E-state index >= 15 is 0 Å². The SMILES string of the molecule is O=C1C=CCC2(CCCCN2)C1. The molecule has 0 aromatic carbocycles. The van der Waals surface area contributed by atoms with E-state index in [-0.39, 0.29) is 11.3 Å². The normalized spacial score (nSPS) is 35.8. The maximum Gasteiger partial charge on any atom is 0.157 e. The first kappa shape index (κ1) is 7.99. The average molecular weight is 165 g/mol. The van der Waals surface area contributed by atoms with Gasteiger partial charge in [0, 0.05) is 12.0 Å². The van der Waals surface area contributed by atoms with Crippen LogP contribution in [-0.2, 0) is 4.79 Å². The zero-order chi connectivity index (χ0) is 8.44. The molecule has 0 bridgehead atoms. The average Bonchev–Trinajstić information content (AvgIpc) is 2.05. The molecule has 0 saturated carbocycles. The number of nitrogens with one attached hydrogen (secondary N) is 1. The number of hydrogen-bond acceptors (Lipinski definition) is 2. The molecule has 0 aromatic heterocycles. The van der Waals surface area contributed by atoms with E-state index in [1.54, 1.807) is 6.08 Å². The van der Waals surface area contributed by atoms with Crippen LogP contribution in [0, 0.1) is 0 Å². The summed E-state index contributed by atoms with van der Waals surface area (Å²) in [5.41, 5.74) is 0.143. The largest absolute Gasteiger partial charge is 0.310 e. The van der Waals surface area contributed by atoms with Gasteiger partial charge in [0.1, 0.15) is 0 Å². The summed E-state index contributed by atoms with van der Waals surface area (Å²) in [7, 11) is 0. The van der Waals surface area contributed by atoms with Gasteiger partial charge in [-0.3, -0.25) is 4.79 Å². The number of carbonyl (C=O) groups is 1. The molecule has 2 aliphatic rings. The van der Waals surface area contributed by atoms with E-state index in [0.29, 0.717) is 6.42 Å². The Kier molecular flexibility index (Phi) is 2.01. The Labute approximate surface area is 73.0 Å². The van der Waals surface area contributed by atoms with E-state index < -0.39 is 0 Å². The molecule has 1 unspecified atom stereocenters. The summed E-state index contributed by atoms with van der Waals surface area (Å²) < 4.78 is 0. The molecule has 12 heavy (non-hydrogen) atoms. The molecule has 0 aromatic rings. The zero-order valence-electron chi connectivity index (χ0n) is 7.31. The lowest BCUT2D eigenvalue weighted by Crippen LogP contribution is -2.50. The van der Waals surface area contributed by atoms with Crippen LogP contribution in [0.3, 0.4) is 0 Å². The zero-order valence-corrected chi connectivity index (χ0v) is 7.31. The summed E-state index contributed by atoms with van der Waals surface area (Å²) in [5, 5.41) is 3.49. The van der Waals surface area contributed by atoms with E-state index in [1.165, 1.54) is 19.3 Å². The molecule has 1 atom stereocenters. The van der Waals surface area contributed by atoms with Crippen molar-refractivity contribution in [2.24, 2.45) is 0 Å². The third-order valence-electron chi connectivity index (χ3n) is 2.91. The minimum absolute atomic E-state index is 0.143. The maximum atomic E-state index is 11.2. The molecule has 0 radical (unpaired) electrons. The van der Waals surface area contributed by atoms with E-state index in [4.69, 9.17) is 0 Å². The molecule has 1 aliphatic carbocycles. The Morgan fingerprint density at radius 1 is 1.42 bits per heavy atom. The van der Waals surface area contributed by atoms with Gasteiger partial charge in [0.25, 0.3) is 0 Å². The first-order valence-electron chi connectivity index (χ1n) is 4.75. The number of piperidine rings is 1. The van der Waals surface area contributed by atoms with Crippen molar-refractivity contribution in [2.45, 2.75) is 37.6 Å². The molecule has 1 saturated heterocycles. The first-order chi connectivity index (χ1) is 5.81. The van der Waals surface area contributed by atoms with Gasteiger partial charge in [-0.25, -0.2) is 0 Å². The number of ketones is 1. The molecular formula is C10H15NO. The van der Waals surface area contributed by atoms with Crippen molar-refractivity contribution < 1.29 is 4.79 Å². The summed E-state index contributed by atoms with van der Waals surface area (Å²) >= 11 is 0. The third kappa shape index (κ3) is 1.44. The fourth-order valence-corrected chi connectivity index (χ4v) is 2.24. The third-order valence-corrected chi connectivity index (χ3v) is 2.91. The fourth-order valence-electron chi connectivity index (χ4n) is 2.24. The highest BCUT2D eigenvalue weighted by atomic mass is 16.1. The van der Waals surface area contributed by atoms with E-state index in [0.717, 1.165) is 13.0 Å². The van der Waals surface area contributed by atoms with E-state index in [2.05, 4.69) is 5.32 Å². The summed E-state index contributed by atoms with van der Waals surface area (Å²) in [4.78, 5) is 11.2. The summed E-state index contributed by atoms with van der Waals surface area (Å²) in [5.74, 6) is 0.288. The summed E-state index contributed by atoms with van der Waals surface area (Å²) in [6.07, 6.45) is 9.20. The van der Waals surface area contributed by atoms with Gasteiger partial charge in [0.15, 0.2) is 5.78 Å². The Hall–Kier alpha value is -0.630. The molecule has 1 spiro atoms. The van der Waals surface area contributed by atoms with E-state index in [1.807, 2.05) is 6.08 Å². The highest BCUT2D eigenvalue weighted by Crippen LogP contribution is 2.29. The summed E-state index contributed by atoms with van der Waals surface area (Å²) in [6, 6.07) is 0. The van der Waals surface area contributed by atoms with Crippen LogP contribution in [0.2, 0.25) is 0 Å². The number of allylic oxidation sites excluding steroid dienone is 1. The van der Waals surface area contributed by atoms with Crippen molar-refractivity contribution in [3.63, 3.8) is 0 Å². The molecule has 2 rings (SSSR count). The molecule has 2 heteroatoms. The summed E-state index contributed by atoms with van der Waals surface area (Å²) in [6.45, 7) is 1.08. The Morgan fingerprint density at radius 3 is 3.00 bits per heavy atom. The fraction of sp³-hybridized carbons (Fsp3) is 0.700. The standard InChI is InChI=1S/C10H15NO/c12-9-4-3-6-10(8-9)5-1-2-7-11-10/h3-4,11H,1-2,5-8H2. The van der Waals surface area contributed by atoms with Crippen LogP contribution in [-0.4, -0.2) is 17.9 Å². The van der Waals surface area contributed by atoms with Crippen molar-refractivity contribution in [1.82, 2.24) is 5.32 Å². The van der Waals surface area contributed by atoms with Crippen LogP contribution in [0.15, 0.2) is 12.2 Å². The monoisotopic (exact) mass is 165 g/mol.